The Kier molecular flexibility index (Phi) is 17.0. The predicted octanol–water partition coefficient (Wildman–Crippen LogP) is 5.82. The standard InChI is InChI=1S/C17H34O2/c1-3-5-6-7-8-9-10-11-12-13-14-15-16-19-17-18-4-2/h15-16H,3-14,17H2,1-2H3. The molecule has 114 valence electrons. The summed E-state index contributed by atoms with van der Waals surface area (Å²) in [6.07, 6.45) is 18.9. The summed E-state index contributed by atoms with van der Waals surface area (Å²) in [5, 5.41) is 0. The van der Waals surface area contributed by atoms with Gasteiger partial charge < -0.3 is 9.47 Å². The number of rotatable bonds is 15. The van der Waals surface area contributed by atoms with Gasteiger partial charge in [0, 0.05) is 6.61 Å². The van der Waals surface area contributed by atoms with Crippen LogP contribution in [-0.2, 0) is 9.47 Å². The summed E-state index contributed by atoms with van der Waals surface area (Å²) in [7, 11) is 0. The van der Waals surface area contributed by atoms with Crippen LogP contribution in [0.4, 0.5) is 0 Å². The van der Waals surface area contributed by atoms with E-state index in [0.717, 1.165) is 6.42 Å². The van der Waals surface area contributed by atoms with E-state index in [1.54, 1.807) is 6.26 Å². The summed E-state index contributed by atoms with van der Waals surface area (Å²) in [6, 6.07) is 0. The lowest BCUT2D eigenvalue weighted by Crippen LogP contribution is -1.93. The summed E-state index contributed by atoms with van der Waals surface area (Å²) in [5.74, 6) is 0. The summed E-state index contributed by atoms with van der Waals surface area (Å²) in [6.45, 7) is 5.34. The largest absolute Gasteiger partial charge is 0.475 e. The molecule has 0 unspecified atom stereocenters. The molecular weight excluding hydrogens is 236 g/mol. The second kappa shape index (κ2) is 17.5. The number of hydrogen-bond acceptors (Lipinski definition) is 2. The van der Waals surface area contributed by atoms with Gasteiger partial charge in [-0.3, -0.25) is 0 Å². The number of unbranched alkanes of at least 4 members (excludes halogenated alkanes) is 10. The van der Waals surface area contributed by atoms with Crippen molar-refractivity contribution in [1.29, 1.82) is 0 Å². The summed E-state index contributed by atoms with van der Waals surface area (Å²) >= 11 is 0. The fraction of sp³-hybridized carbons (Fsp3) is 0.882. The topological polar surface area (TPSA) is 18.5 Å². The van der Waals surface area contributed by atoms with Gasteiger partial charge in [-0.25, -0.2) is 0 Å². The van der Waals surface area contributed by atoms with E-state index in [1.807, 2.05) is 6.92 Å². The minimum atomic E-state index is 0.380. The molecule has 0 heterocycles. The highest BCUT2D eigenvalue weighted by Crippen LogP contribution is 2.11. The minimum absolute atomic E-state index is 0.380. The van der Waals surface area contributed by atoms with Gasteiger partial charge in [-0.1, -0.05) is 64.7 Å². The highest BCUT2D eigenvalue weighted by molar-refractivity contribution is 4.72. The molecule has 0 bridgehead atoms. The number of hydrogen-bond donors (Lipinski definition) is 0. The van der Waals surface area contributed by atoms with E-state index >= 15 is 0 Å². The molecule has 0 atom stereocenters. The van der Waals surface area contributed by atoms with Crippen molar-refractivity contribution in [2.45, 2.75) is 84.5 Å². The molecule has 0 saturated heterocycles. The second-order valence-corrected chi connectivity index (χ2v) is 5.12. The fourth-order valence-corrected chi connectivity index (χ4v) is 2.06. The van der Waals surface area contributed by atoms with Crippen molar-refractivity contribution in [3.8, 4) is 0 Å². The first-order chi connectivity index (χ1) is 9.41. The van der Waals surface area contributed by atoms with Crippen LogP contribution >= 0.6 is 0 Å². The van der Waals surface area contributed by atoms with Gasteiger partial charge in [0.05, 0.1) is 6.26 Å². The van der Waals surface area contributed by atoms with Gasteiger partial charge in [-0.2, -0.15) is 0 Å². The normalized spacial score (nSPS) is 11.3. The van der Waals surface area contributed by atoms with Gasteiger partial charge >= 0.3 is 0 Å². The van der Waals surface area contributed by atoms with Crippen LogP contribution in [0.2, 0.25) is 0 Å². The molecule has 0 fully saturated rings. The van der Waals surface area contributed by atoms with Crippen molar-refractivity contribution in [2.75, 3.05) is 13.4 Å². The Bertz CT molecular complexity index is 178. The van der Waals surface area contributed by atoms with E-state index in [0.29, 0.717) is 13.4 Å². The van der Waals surface area contributed by atoms with Crippen molar-refractivity contribution in [1.82, 2.24) is 0 Å². The molecule has 0 aliphatic heterocycles. The monoisotopic (exact) mass is 270 g/mol. The smallest absolute Gasteiger partial charge is 0.188 e. The molecule has 0 saturated carbocycles. The molecule has 0 aromatic rings. The van der Waals surface area contributed by atoms with Gasteiger partial charge in [0.25, 0.3) is 0 Å². The van der Waals surface area contributed by atoms with Crippen LogP contribution < -0.4 is 0 Å². The van der Waals surface area contributed by atoms with Gasteiger partial charge in [0.2, 0.25) is 0 Å². The lowest BCUT2D eigenvalue weighted by molar-refractivity contribution is -0.00533. The quantitative estimate of drug-likeness (QED) is 0.212. The van der Waals surface area contributed by atoms with Crippen LogP contribution in [0, 0.1) is 0 Å². The van der Waals surface area contributed by atoms with Crippen molar-refractivity contribution in [2.24, 2.45) is 0 Å². The van der Waals surface area contributed by atoms with E-state index in [1.165, 1.54) is 64.2 Å². The minimum Gasteiger partial charge on any atom is -0.475 e. The van der Waals surface area contributed by atoms with Crippen molar-refractivity contribution < 1.29 is 9.47 Å². The molecule has 0 N–H and O–H groups in total. The van der Waals surface area contributed by atoms with Crippen LogP contribution in [0.1, 0.15) is 84.5 Å². The SMILES string of the molecule is CCCCCCCCCCCCC=COCOCC. The Morgan fingerprint density at radius 2 is 1.32 bits per heavy atom. The van der Waals surface area contributed by atoms with Gasteiger partial charge in [0.15, 0.2) is 6.79 Å². The van der Waals surface area contributed by atoms with E-state index in [2.05, 4.69) is 13.0 Å². The van der Waals surface area contributed by atoms with Gasteiger partial charge in [-0.05, 0) is 25.8 Å². The molecule has 0 spiro atoms. The van der Waals surface area contributed by atoms with Crippen LogP contribution in [0.15, 0.2) is 12.3 Å². The molecule has 0 aromatic heterocycles. The molecular formula is C17H34O2. The lowest BCUT2D eigenvalue weighted by Gasteiger charge is -2.01. The molecule has 0 radical (unpaired) electrons. The first kappa shape index (κ1) is 18.5. The molecule has 0 aliphatic carbocycles. The van der Waals surface area contributed by atoms with Gasteiger partial charge in [-0.15, -0.1) is 0 Å². The Labute approximate surface area is 120 Å². The van der Waals surface area contributed by atoms with Crippen molar-refractivity contribution >= 4 is 0 Å². The maximum Gasteiger partial charge on any atom is 0.188 e. The highest BCUT2D eigenvalue weighted by Gasteiger charge is 1.91. The second-order valence-electron chi connectivity index (χ2n) is 5.12. The highest BCUT2D eigenvalue weighted by atomic mass is 16.7. The van der Waals surface area contributed by atoms with Crippen LogP contribution in [0.5, 0.6) is 0 Å². The molecule has 0 amide bonds. The number of allylic oxidation sites excluding steroid dienone is 1. The zero-order valence-corrected chi connectivity index (χ0v) is 13.2. The molecule has 2 nitrogen and oxygen atoms in total. The fourth-order valence-electron chi connectivity index (χ4n) is 2.06. The van der Waals surface area contributed by atoms with Crippen LogP contribution in [-0.4, -0.2) is 13.4 Å². The Hall–Kier alpha value is -0.500. The first-order valence-electron chi connectivity index (χ1n) is 8.26. The van der Waals surface area contributed by atoms with Crippen LogP contribution in [0.3, 0.4) is 0 Å². The maximum atomic E-state index is 5.16. The summed E-state index contributed by atoms with van der Waals surface area (Å²) < 4.78 is 10.2. The average Bonchev–Trinajstić information content (AvgIpc) is 2.43. The third-order valence-electron chi connectivity index (χ3n) is 3.27. The van der Waals surface area contributed by atoms with Gasteiger partial charge in [0.1, 0.15) is 0 Å². The number of ether oxygens (including phenoxy) is 2. The third kappa shape index (κ3) is 17.5. The van der Waals surface area contributed by atoms with E-state index in [9.17, 15) is 0 Å². The van der Waals surface area contributed by atoms with E-state index in [-0.39, 0.29) is 0 Å². The Balaban J connectivity index is 2.98. The maximum absolute atomic E-state index is 5.16. The third-order valence-corrected chi connectivity index (χ3v) is 3.27. The molecule has 2 heteroatoms. The molecule has 0 aromatic carbocycles. The lowest BCUT2D eigenvalue weighted by atomic mass is 10.1. The molecule has 0 aliphatic rings. The zero-order chi connectivity index (χ0) is 14.0. The Morgan fingerprint density at radius 1 is 0.737 bits per heavy atom. The van der Waals surface area contributed by atoms with Crippen molar-refractivity contribution in [3.63, 3.8) is 0 Å². The van der Waals surface area contributed by atoms with Crippen LogP contribution in [0.25, 0.3) is 0 Å². The average molecular weight is 270 g/mol. The van der Waals surface area contributed by atoms with E-state index < -0.39 is 0 Å². The van der Waals surface area contributed by atoms with Crippen molar-refractivity contribution in [3.05, 3.63) is 12.3 Å². The molecule has 19 heavy (non-hydrogen) atoms. The predicted molar refractivity (Wildman–Crippen MR) is 83.2 cm³/mol. The zero-order valence-electron chi connectivity index (χ0n) is 13.2. The molecule has 0 rings (SSSR count). The summed E-state index contributed by atoms with van der Waals surface area (Å²) in [4.78, 5) is 0. The first-order valence-corrected chi connectivity index (χ1v) is 8.26. The van der Waals surface area contributed by atoms with E-state index in [4.69, 9.17) is 9.47 Å². The Morgan fingerprint density at radius 3 is 1.89 bits per heavy atom. The summed E-state index contributed by atoms with van der Waals surface area (Å²) in [5.41, 5.74) is 0.